The summed E-state index contributed by atoms with van der Waals surface area (Å²) in [6.45, 7) is 14.1. The van der Waals surface area contributed by atoms with Crippen molar-refractivity contribution in [3.05, 3.63) is 125 Å². The quantitative estimate of drug-likeness (QED) is 0.186. The smallest absolute Gasteiger partial charge is 0.252 e. The third-order valence-electron chi connectivity index (χ3n) is 10.3. The molecule has 0 amide bonds. The Morgan fingerprint density at radius 2 is 1.07 bits per heavy atom. The third kappa shape index (κ3) is 4.54. The molecule has 1 aliphatic carbocycles. The second kappa shape index (κ2) is 10.1. The molecule has 0 spiro atoms. The summed E-state index contributed by atoms with van der Waals surface area (Å²) in [5.41, 5.74) is 17.8. The van der Waals surface area contributed by atoms with Gasteiger partial charge in [-0.05, 0) is 124 Å². The van der Waals surface area contributed by atoms with Crippen molar-refractivity contribution in [1.29, 1.82) is 0 Å². The molecule has 5 aromatic carbocycles. The number of fused-ring (bicyclic) bond motifs is 5. The second-order valence-electron chi connectivity index (χ2n) is 15.4. The van der Waals surface area contributed by atoms with Crippen molar-refractivity contribution in [2.24, 2.45) is 0 Å². The zero-order valence-electron chi connectivity index (χ0n) is 27.6. The van der Waals surface area contributed by atoms with Gasteiger partial charge in [0.15, 0.2) is 0 Å². The summed E-state index contributed by atoms with van der Waals surface area (Å²) in [6, 6.07) is 39.6. The molecule has 3 heteroatoms. The molecule has 0 bridgehead atoms. The minimum absolute atomic E-state index is 0.0454. The Labute approximate surface area is 269 Å². The minimum atomic E-state index is 0.0454. The molecule has 0 saturated carbocycles. The van der Waals surface area contributed by atoms with Gasteiger partial charge in [-0.15, -0.1) is 0 Å². The van der Waals surface area contributed by atoms with Crippen LogP contribution in [0.5, 0.6) is 0 Å². The number of para-hydroxylation sites is 1. The van der Waals surface area contributed by atoms with Gasteiger partial charge in [0.05, 0.1) is 0 Å². The first-order valence-corrected chi connectivity index (χ1v) is 16.8. The van der Waals surface area contributed by atoms with Gasteiger partial charge in [-0.1, -0.05) is 96.1 Å². The monoisotopic (exact) mass is 586 g/mol. The molecule has 8 rings (SSSR count). The van der Waals surface area contributed by atoms with E-state index < -0.39 is 0 Å². The Hall–Kier alpha value is -4.24. The first-order valence-electron chi connectivity index (χ1n) is 16.8. The maximum atomic E-state index is 2.58. The Morgan fingerprint density at radius 3 is 1.76 bits per heavy atom. The maximum absolute atomic E-state index is 2.58. The number of hydrogen-bond acceptors (Lipinski definition) is 2. The zero-order valence-corrected chi connectivity index (χ0v) is 27.6. The lowest BCUT2D eigenvalue weighted by molar-refractivity contribution is 0.590. The van der Waals surface area contributed by atoms with Crippen molar-refractivity contribution in [1.82, 2.24) is 0 Å². The largest absolute Gasteiger partial charge is 0.311 e. The van der Waals surface area contributed by atoms with Gasteiger partial charge in [0.2, 0.25) is 0 Å². The van der Waals surface area contributed by atoms with Crippen LogP contribution in [0, 0.1) is 0 Å². The van der Waals surface area contributed by atoms with Crippen molar-refractivity contribution in [3.63, 3.8) is 0 Å². The SMILES string of the molecule is CC(C)(C)c1cccc(N2c3cc(C(C)(C)C)ccc3B3c4cc5c(cc4N(c4ccccc4)c4cccc2c43)CCCC5)c1. The molecule has 5 aromatic rings. The van der Waals surface area contributed by atoms with E-state index in [1.54, 1.807) is 5.56 Å². The lowest BCUT2D eigenvalue weighted by Crippen LogP contribution is -2.61. The van der Waals surface area contributed by atoms with Gasteiger partial charge in [-0.2, -0.15) is 0 Å². The van der Waals surface area contributed by atoms with Crippen molar-refractivity contribution >= 4 is 57.2 Å². The summed E-state index contributed by atoms with van der Waals surface area (Å²) in [5, 5.41) is 0. The van der Waals surface area contributed by atoms with Crippen molar-refractivity contribution in [2.75, 3.05) is 9.80 Å². The van der Waals surface area contributed by atoms with Crippen LogP contribution in [-0.2, 0) is 23.7 Å². The number of nitrogens with zero attached hydrogens (tertiary/aromatic N) is 2. The highest BCUT2D eigenvalue weighted by Crippen LogP contribution is 2.45. The highest BCUT2D eigenvalue weighted by atomic mass is 15.2. The Kier molecular flexibility index (Phi) is 6.37. The van der Waals surface area contributed by atoms with Crippen LogP contribution in [0.4, 0.5) is 34.1 Å². The summed E-state index contributed by atoms with van der Waals surface area (Å²) in [7, 11) is 0. The van der Waals surface area contributed by atoms with Crippen LogP contribution in [0.3, 0.4) is 0 Å². The van der Waals surface area contributed by atoms with Gasteiger partial charge in [0.1, 0.15) is 0 Å². The molecule has 224 valence electrons. The second-order valence-corrected chi connectivity index (χ2v) is 15.4. The van der Waals surface area contributed by atoms with Crippen molar-refractivity contribution in [2.45, 2.75) is 78.1 Å². The molecule has 0 aromatic heterocycles. The van der Waals surface area contributed by atoms with Crippen LogP contribution < -0.4 is 26.2 Å². The van der Waals surface area contributed by atoms with Crippen LogP contribution in [0.15, 0.2) is 103 Å². The highest BCUT2D eigenvalue weighted by Gasteiger charge is 2.44. The summed E-state index contributed by atoms with van der Waals surface area (Å²) in [4.78, 5) is 5.10. The average molecular weight is 587 g/mol. The van der Waals surface area contributed by atoms with E-state index in [1.165, 1.54) is 92.9 Å². The Balaban J connectivity index is 1.46. The van der Waals surface area contributed by atoms with Crippen molar-refractivity contribution in [3.8, 4) is 0 Å². The fourth-order valence-electron chi connectivity index (χ4n) is 7.87. The number of aryl methyl sites for hydroxylation is 2. The van der Waals surface area contributed by atoms with Gasteiger partial charge in [-0.3, -0.25) is 0 Å². The van der Waals surface area contributed by atoms with Crippen LogP contribution in [0.1, 0.15) is 76.6 Å². The van der Waals surface area contributed by atoms with E-state index in [0.717, 1.165) is 0 Å². The molecular formula is C42H43BN2. The highest BCUT2D eigenvalue weighted by molar-refractivity contribution is 7.00. The van der Waals surface area contributed by atoms with Crippen LogP contribution in [0.2, 0.25) is 0 Å². The lowest BCUT2D eigenvalue weighted by Gasteiger charge is -2.45. The number of benzene rings is 5. The predicted molar refractivity (Wildman–Crippen MR) is 195 cm³/mol. The van der Waals surface area contributed by atoms with E-state index in [-0.39, 0.29) is 17.5 Å². The summed E-state index contributed by atoms with van der Waals surface area (Å²) in [5.74, 6) is 0. The van der Waals surface area contributed by atoms with Crippen LogP contribution in [0.25, 0.3) is 0 Å². The Bertz CT molecular complexity index is 1940. The number of rotatable bonds is 2. The standard InChI is InChI=1S/C42H43BN2/c1-41(2,3)30-16-12-19-33(26-30)45-37-21-13-20-36-40(37)43(34-23-22-31(27-39(34)45)42(4,5)6)35-24-28-14-10-11-15-29(28)25-38(35)44(36)32-17-8-7-9-18-32/h7-9,12-13,16-27H,10-11,14-15H2,1-6H3. The molecule has 2 heterocycles. The number of anilines is 6. The molecule has 2 aliphatic heterocycles. The molecule has 2 nitrogen and oxygen atoms in total. The summed E-state index contributed by atoms with van der Waals surface area (Å²) < 4.78 is 0. The molecular weight excluding hydrogens is 543 g/mol. The topological polar surface area (TPSA) is 6.48 Å². The summed E-state index contributed by atoms with van der Waals surface area (Å²) in [6.07, 6.45) is 4.91. The fraction of sp³-hybridized carbons (Fsp3) is 0.286. The first-order chi connectivity index (χ1) is 21.6. The number of hydrogen-bond donors (Lipinski definition) is 0. The molecule has 0 saturated heterocycles. The fourth-order valence-corrected chi connectivity index (χ4v) is 7.87. The van der Waals surface area contributed by atoms with E-state index in [0.29, 0.717) is 0 Å². The Morgan fingerprint density at radius 1 is 0.489 bits per heavy atom. The van der Waals surface area contributed by atoms with Gasteiger partial charge >= 0.3 is 0 Å². The summed E-state index contributed by atoms with van der Waals surface area (Å²) >= 11 is 0. The predicted octanol–water partition coefficient (Wildman–Crippen LogP) is 9.24. The van der Waals surface area contributed by atoms with E-state index >= 15 is 0 Å². The van der Waals surface area contributed by atoms with E-state index in [2.05, 4.69) is 154 Å². The average Bonchev–Trinajstić information content (AvgIpc) is 3.03. The van der Waals surface area contributed by atoms with Gasteiger partial charge in [0.25, 0.3) is 6.71 Å². The molecule has 3 aliphatic rings. The van der Waals surface area contributed by atoms with Gasteiger partial charge in [-0.25, -0.2) is 0 Å². The van der Waals surface area contributed by atoms with Gasteiger partial charge < -0.3 is 9.80 Å². The molecule has 45 heavy (non-hydrogen) atoms. The van der Waals surface area contributed by atoms with Gasteiger partial charge in [0, 0.05) is 34.1 Å². The van der Waals surface area contributed by atoms with Crippen molar-refractivity contribution < 1.29 is 0 Å². The van der Waals surface area contributed by atoms with Crippen LogP contribution in [-0.4, -0.2) is 6.71 Å². The molecule has 0 fully saturated rings. The van der Waals surface area contributed by atoms with E-state index in [4.69, 9.17) is 0 Å². The van der Waals surface area contributed by atoms with E-state index in [9.17, 15) is 0 Å². The lowest BCUT2D eigenvalue weighted by atomic mass is 9.33. The zero-order chi connectivity index (χ0) is 31.1. The third-order valence-corrected chi connectivity index (χ3v) is 10.3. The molecule has 0 N–H and O–H groups in total. The normalized spacial score (nSPS) is 15.3. The molecule has 0 unspecified atom stereocenters. The first kappa shape index (κ1) is 28.3. The maximum Gasteiger partial charge on any atom is 0.252 e. The van der Waals surface area contributed by atoms with Crippen LogP contribution >= 0.6 is 0 Å². The minimum Gasteiger partial charge on any atom is -0.311 e. The molecule has 0 atom stereocenters. The van der Waals surface area contributed by atoms with E-state index in [1.807, 2.05) is 0 Å². The molecule has 0 radical (unpaired) electrons.